The molecule has 2 N–H and O–H groups in total. The summed E-state index contributed by atoms with van der Waals surface area (Å²) in [5.41, 5.74) is 0.112. The van der Waals surface area contributed by atoms with Crippen molar-refractivity contribution in [3.05, 3.63) is 82.4 Å². The minimum atomic E-state index is -1.84. The van der Waals surface area contributed by atoms with Crippen LogP contribution in [0.25, 0.3) is 6.08 Å². The van der Waals surface area contributed by atoms with Crippen molar-refractivity contribution >= 4 is 39.4 Å². The van der Waals surface area contributed by atoms with Crippen LogP contribution in [0.5, 0.6) is 0 Å². The Balaban J connectivity index is 1.71. The lowest BCUT2D eigenvalue weighted by molar-refractivity contribution is -0.138. The Morgan fingerprint density at radius 3 is 2.68 bits per heavy atom. The van der Waals surface area contributed by atoms with Crippen LogP contribution in [0.2, 0.25) is 0 Å². The van der Waals surface area contributed by atoms with Crippen molar-refractivity contribution in [3.8, 4) is 0 Å². The number of hydrogen-bond acceptors (Lipinski definition) is 3. The summed E-state index contributed by atoms with van der Waals surface area (Å²) < 4.78 is 0.731. The standard InChI is InChI=1S/C20H16BrNO3/c21-15-10-11-18-17(12-15)20(25,19(24)22-18)13-16(23)9-5-4-8-14-6-2-1-3-7-14/h1-12,25H,13H2,(H,22,24)/b8-4+,9-5+/t20-/m0/s1. The van der Waals surface area contributed by atoms with E-state index < -0.39 is 11.5 Å². The lowest BCUT2D eigenvalue weighted by atomic mass is 9.90. The zero-order valence-electron chi connectivity index (χ0n) is 13.3. The Kier molecular flexibility index (Phi) is 4.97. The molecule has 0 saturated heterocycles. The van der Waals surface area contributed by atoms with Gasteiger partial charge in [-0.05, 0) is 29.8 Å². The van der Waals surface area contributed by atoms with Crippen LogP contribution < -0.4 is 5.32 Å². The molecule has 5 heteroatoms. The lowest BCUT2D eigenvalue weighted by Crippen LogP contribution is -2.36. The number of ketones is 1. The first-order valence-corrected chi connectivity index (χ1v) is 8.55. The summed E-state index contributed by atoms with van der Waals surface area (Å²) in [6.45, 7) is 0. The van der Waals surface area contributed by atoms with E-state index >= 15 is 0 Å². The third kappa shape index (κ3) is 3.78. The number of nitrogens with one attached hydrogen (secondary N) is 1. The van der Waals surface area contributed by atoms with Gasteiger partial charge in [0.25, 0.3) is 5.91 Å². The first-order chi connectivity index (χ1) is 12.0. The van der Waals surface area contributed by atoms with Crippen molar-refractivity contribution in [1.29, 1.82) is 0 Å². The molecule has 1 atom stereocenters. The van der Waals surface area contributed by atoms with Gasteiger partial charge in [-0.3, -0.25) is 9.59 Å². The van der Waals surface area contributed by atoms with Crippen LogP contribution in [0.15, 0.2) is 71.2 Å². The largest absolute Gasteiger partial charge is 0.375 e. The Labute approximate surface area is 154 Å². The summed E-state index contributed by atoms with van der Waals surface area (Å²) in [6, 6.07) is 14.8. The van der Waals surface area contributed by atoms with Crippen molar-refractivity contribution in [2.24, 2.45) is 0 Å². The molecule has 1 amide bonds. The van der Waals surface area contributed by atoms with E-state index in [0.29, 0.717) is 11.3 Å². The third-order valence-corrected chi connectivity index (χ3v) is 4.46. The van der Waals surface area contributed by atoms with Gasteiger partial charge < -0.3 is 10.4 Å². The number of carbonyl (C=O) groups is 2. The SMILES string of the molecule is O=C(/C=C/C=C/c1ccccc1)C[C@@]1(O)C(=O)Nc2ccc(Br)cc21. The van der Waals surface area contributed by atoms with Crippen molar-refractivity contribution in [2.45, 2.75) is 12.0 Å². The molecule has 0 fully saturated rings. The van der Waals surface area contributed by atoms with E-state index in [1.807, 2.05) is 36.4 Å². The lowest BCUT2D eigenvalue weighted by Gasteiger charge is -2.19. The highest BCUT2D eigenvalue weighted by Crippen LogP contribution is 2.39. The predicted octanol–water partition coefficient (Wildman–Crippen LogP) is 3.82. The minimum Gasteiger partial charge on any atom is -0.375 e. The van der Waals surface area contributed by atoms with Gasteiger partial charge in [0.05, 0.1) is 6.42 Å². The Morgan fingerprint density at radius 2 is 1.92 bits per heavy atom. The first kappa shape index (κ1) is 17.3. The molecular formula is C20H16BrNO3. The molecule has 0 aromatic heterocycles. The van der Waals surface area contributed by atoms with Gasteiger partial charge in [-0.25, -0.2) is 0 Å². The number of benzene rings is 2. The molecule has 1 heterocycles. The molecule has 4 nitrogen and oxygen atoms in total. The molecule has 0 saturated carbocycles. The van der Waals surface area contributed by atoms with Gasteiger partial charge in [0, 0.05) is 15.7 Å². The number of hydrogen-bond donors (Lipinski definition) is 2. The molecule has 126 valence electrons. The monoisotopic (exact) mass is 397 g/mol. The van der Waals surface area contributed by atoms with E-state index in [1.165, 1.54) is 6.08 Å². The number of aliphatic hydroxyl groups is 1. The number of allylic oxidation sites excluding steroid dienone is 3. The van der Waals surface area contributed by atoms with E-state index in [1.54, 1.807) is 30.4 Å². The van der Waals surface area contributed by atoms with Crippen LogP contribution in [-0.4, -0.2) is 16.8 Å². The van der Waals surface area contributed by atoms with Gasteiger partial charge >= 0.3 is 0 Å². The molecule has 0 bridgehead atoms. The Morgan fingerprint density at radius 1 is 1.16 bits per heavy atom. The fourth-order valence-electron chi connectivity index (χ4n) is 2.70. The van der Waals surface area contributed by atoms with Gasteiger partial charge in [-0.2, -0.15) is 0 Å². The second kappa shape index (κ2) is 7.17. The topological polar surface area (TPSA) is 66.4 Å². The smallest absolute Gasteiger partial charge is 0.261 e. The van der Waals surface area contributed by atoms with Gasteiger partial charge in [-0.15, -0.1) is 0 Å². The van der Waals surface area contributed by atoms with Crippen molar-refractivity contribution in [1.82, 2.24) is 0 Å². The summed E-state index contributed by atoms with van der Waals surface area (Å²) in [5, 5.41) is 13.3. The van der Waals surface area contributed by atoms with Crippen molar-refractivity contribution in [2.75, 3.05) is 5.32 Å². The molecule has 2 aromatic rings. The first-order valence-electron chi connectivity index (χ1n) is 7.75. The molecule has 0 radical (unpaired) electrons. The normalized spacial score (nSPS) is 19.4. The van der Waals surface area contributed by atoms with Crippen LogP contribution in [0.3, 0.4) is 0 Å². The maximum Gasteiger partial charge on any atom is 0.261 e. The summed E-state index contributed by atoms with van der Waals surface area (Å²) in [7, 11) is 0. The number of carbonyl (C=O) groups excluding carboxylic acids is 2. The zero-order valence-corrected chi connectivity index (χ0v) is 14.9. The van der Waals surface area contributed by atoms with Gasteiger partial charge in [0.15, 0.2) is 11.4 Å². The predicted molar refractivity (Wildman–Crippen MR) is 101 cm³/mol. The van der Waals surface area contributed by atoms with E-state index in [2.05, 4.69) is 21.2 Å². The van der Waals surface area contributed by atoms with Crippen LogP contribution in [0.4, 0.5) is 5.69 Å². The van der Waals surface area contributed by atoms with Crippen LogP contribution in [0.1, 0.15) is 17.5 Å². The highest BCUT2D eigenvalue weighted by atomic mass is 79.9. The number of amides is 1. The molecular weight excluding hydrogens is 382 g/mol. The maximum atomic E-state index is 12.2. The van der Waals surface area contributed by atoms with Gasteiger partial charge in [-0.1, -0.05) is 64.5 Å². The molecule has 0 aliphatic carbocycles. The maximum absolute atomic E-state index is 12.2. The molecule has 25 heavy (non-hydrogen) atoms. The van der Waals surface area contributed by atoms with E-state index in [0.717, 1.165) is 10.0 Å². The summed E-state index contributed by atoms with van der Waals surface area (Å²) >= 11 is 3.32. The molecule has 1 aliphatic heterocycles. The minimum absolute atomic E-state index is 0.308. The summed E-state index contributed by atoms with van der Waals surface area (Å²) in [6.07, 6.45) is 6.27. The fourth-order valence-corrected chi connectivity index (χ4v) is 3.06. The highest BCUT2D eigenvalue weighted by molar-refractivity contribution is 9.10. The molecule has 3 rings (SSSR count). The van der Waals surface area contributed by atoms with Crippen LogP contribution in [0, 0.1) is 0 Å². The second-order valence-corrected chi connectivity index (χ2v) is 6.69. The van der Waals surface area contributed by atoms with E-state index in [-0.39, 0.29) is 12.2 Å². The third-order valence-electron chi connectivity index (χ3n) is 3.96. The number of fused-ring (bicyclic) bond motifs is 1. The number of halogens is 1. The molecule has 1 aliphatic rings. The van der Waals surface area contributed by atoms with E-state index in [4.69, 9.17) is 0 Å². The summed E-state index contributed by atoms with van der Waals surface area (Å²) in [4.78, 5) is 24.3. The van der Waals surface area contributed by atoms with Crippen molar-refractivity contribution < 1.29 is 14.7 Å². The quantitative estimate of drug-likeness (QED) is 0.595. The Bertz CT molecular complexity index is 874. The highest BCUT2D eigenvalue weighted by Gasteiger charge is 2.46. The van der Waals surface area contributed by atoms with Crippen LogP contribution in [-0.2, 0) is 15.2 Å². The average Bonchev–Trinajstić information content (AvgIpc) is 2.83. The average molecular weight is 398 g/mol. The number of anilines is 1. The van der Waals surface area contributed by atoms with Gasteiger partial charge in [0.2, 0.25) is 0 Å². The second-order valence-electron chi connectivity index (χ2n) is 5.78. The van der Waals surface area contributed by atoms with Gasteiger partial charge in [0.1, 0.15) is 0 Å². The zero-order chi connectivity index (χ0) is 17.9. The molecule has 2 aromatic carbocycles. The summed E-state index contributed by atoms with van der Waals surface area (Å²) in [5.74, 6) is -0.912. The van der Waals surface area contributed by atoms with E-state index in [9.17, 15) is 14.7 Å². The van der Waals surface area contributed by atoms with Crippen LogP contribution >= 0.6 is 15.9 Å². The fraction of sp³-hybridized carbons (Fsp3) is 0.100. The number of rotatable bonds is 5. The molecule has 0 unspecified atom stereocenters. The van der Waals surface area contributed by atoms with Crippen molar-refractivity contribution in [3.63, 3.8) is 0 Å². The Hall–Kier alpha value is -2.50. The molecule has 0 spiro atoms.